The van der Waals surface area contributed by atoms with Crippen molar-refractivity contribution in [1.29, 1.82) is 0 Å². The molecule has 0 radical (unpaired) electrons. The third kappa shape index (κ3) is 2.83. The number of hydrogen-bond acceptors (Lipinski definition) is 0. The van der Waals surface area contributed by atoms with Crippen LogP contribution < -0.4 is 0 Å². The third-order valence-corrected chi connectivity index (χ3v) is 5.83. The molecule has 0 N–H and O–H groups in total. The van der Waals surface area contributed by atoms with E-state index in [0.29, 0.717) is 0 Å². The van der Waals surface area contributed by atoms with E-state index in [1.807, 2.05) is 0 Å². The van der Waals surface area contributed by atoms with Gasteiger partial charge in [0, 0.05) is 0 Å². The van der Waals surface area contributed by atoms with E-state index in [1.165, 1.54) is 48.7 Å². The third-order valence-electron chi connectivity index (χ3n) is 5.83. The predicted octanol–water partition coefficient (Wildman–Crippen LogP) is 7.14. The number of benzene rings is 3. The topological polar surface area (TPSA) is 0 Å². The second-order valence-corrected chi connectivity index (χ2v) is 9.99. The maximum Gasteiger partial charge on any atom is -0.00202 e. The van der Waals surface area contributed by atoms with E-state index in [2.05, 4.69) is 103 Å². The summed E-state index contributed by atoms with van der Waals surface area (Å²) in [7, 11) is 0. The number of rotatable bonds is 1. The van der Waals surface area contributed by atoms with Gasteiger partial charge >= 0.3 is 0 Å². The van der Waals surface area contributed by atoms with Crippen LogP contribution in [0.4, 0.5) is 0 Å². The molecular formula is C27H30. The minimum Gasteiger partial charge on any atom is -0.0616 e. The summed E-state index contributed by atoms with van der Waals surface area (Å²) in [5, 5.41) is 5.59. The lowest BCUT2D eigenvalue weighted by Crippen LogP contribution is -2.18. The Morgan fingerprint density at radius 1 is 0.630 bits per heavy atom. The van der Waals surface area contributed by atoms with Crippen LogP contribution in [0.2, 0.25) is 0 Å². The highest BCUT2D eigenvalue weighted by atomic mass is 14.3. The van der Waals surface area contributed by atoms with Gasteiger partial charge in [-0.2, -0.15) is 0 Å². The van der Waals surface area contributed by atoms with Crippen molar-refractivity contribution in [3.63, 3.8) is 0 Å². The molecule has 0 aromatic heterocycles. The zero-order valence-electron chi connectivity index (χ0n) is 17.7. The highest BCUT2D eigenvalue weighted by Gasteiger charge is 2.25. The molecule has 0 atom stereocenters. The largest absolute Gasteiger partial charge is 0.0616 e. The molecule has 0 heteroatoms. The monoisotopic (exact) mass is 354 g/mol. The van der Waals surface area contributed by atoms with Gasteiger partial charge in [-0.25, -0.2) is 0 Å². The Labute approximate surface area is 162 Å². The van der Waals surface area contributed by atoms with Crippen LogP contribution in [0.5, 0.6) is 0 Å². The lowest BCUT2D eigenvalue weighted by Gasteiger charge is -2.30. The van der Waals surface area contributed by atoms with Gasteiger partial charge in [-0.15, -0.1) is 0 Å². The molecule has 1 aliphatic rings. The van der Waals surface area contributed by atoms with Gasteiger partial charge in [0.05, 0.1) is 0 Å². The Morgan fingerprint density at radius 3 is 1.89 bits per heavy atom. The normalized spacial score (nSPS) is 13.0. The molecule has 4 rings (SSSR count). The van der Waals surface area contributed by atoms with Crippen molar-refractivity contribution in [2.45, 2.75) is 59.3 Å². The summed E-state index contributed by atoms with van der Waals surface area (Å²) in [6.45, 7) is 16.2. The highest BCUT2D eigenvalue weighted by molar-refractivity contribution is 5.74. The van der Waals surface area contributed by atoms with Crippen LogP contribution in [-0.2, 0) is 10.8 Å². The molecule has 0 nitrogen and oxygen atoms in total. The average Bonchev–Trinajstić information content (AvgIpc) is 2.56. The van der Waals surface area contributed by atoms with Crippen molar-refractivity contribution in [3.8, 4) is 11.1 Å². The van der Waals surface area contributed by atoms with E-state index >= 15 is 0 Å². The van der Waals surface area contributed by atoms with Crippen molar-refractivity contribution in [1.82, 2.24) is 0 Å². The molecule has 27 heavy (non-hydrogen) atoms. The molecule has 0 aliphatic heterocycles. The fraction of sp³-hybridized carbons (Fsp3) is 0.333. The molecule has 0 spiro atoms. The molecule has 0 heterocycles. The first kappa shape index (κ1) is 18.0. The van der Waals surface area contributed by atoms with Gasteiger partial charge in [0.1, 0.15) is 0 Å². The quantitative estimate of drug-likeness (QED) is 0.340. The van der Waals surface area contributed by atoms with Crippen molar-refractivity contribution in [3.05, 3.63) is 92.2 Å². The molecule has 138 valence electrons. The molecule has 0 unspecified atom stereocenters. The van der Waals surface area contributed by atoms with E-state index in [0.717, 1.165) is 0 Å². The molecule has 0 saturated heterocycles. The van der Waals surface area contributed by atoms with E-state index in [-0.39, 0.29) is 10.8 Å². The summed E-state index contributed by atoms with van der Waals surface area (Å²) in [5.74, 6) is 0. The first-order chi connectivity index (χ1) is 12.6. The summed E-state index contributed by atoms with van der Waals surface area (Å²) in [6.07, 6.45) is 0. The summed E-state index contributed by atoms with van der Waals surface area (Å²) >= 11 is 0. The van der Waals surface area contributed by atoms with Gasteiger partial charge in [-0.05, 0) is 66.4 Å². The lowest BCUT2D eigenvalue weighted by molar-refractivity contribution is 0.569. The number of aryl methyl sites for hydroxylation is 1. The van der Waals surface area contributed by atoms with Crippen LogP contribution in [0.3, 0.4) is 0 Å². The van der Waals surface area contributed by atoms with Gasteiger partial charge in [0.25, 0.3) is 0 Å². The molecule has 3 aromatic carbocycles. The Morgan fingerprint density at radius 2 is 1.26 bits per heavy atom. The summed E-state index contributed by atoms with van der Waals surface area (Å²) in [5.41, 5.74) is 7.29. The van der Waals surface area contributed by atoms with E-state index < -0.39 is 0 Å². The SMILES string of the molecule is Cc1cc(C(C)(C)C)cc(C(C)(C)C)c1-c1cccc2c1=c1ccccc1=2. The fourth-order valence-electron chi connectivity index (χ4n) is 4.32. The number of hydrogen-bond donors (Lipinski definition) is 0. The molecule has 0 fully saturated rings. The zero-order chi connectivity index (χ0) is 19.6. The standard InChI is InChI=1S/C27H30/c1-17-15-18(26(2,3)4)16-23(27(5,6)7)24(17)22-14-10-13-21-19-11-8-9-12-20(19)25(21)22/h8-16H,1-7H3. The zero-order valence-corrected chi connectivity index (χ0v) is 17.7. The van der Waals surface area contributed by atoms with Gasteiger partial charge in [-0.1, -0.05) is 96.1 Å². The summed E-state index contributed by atoms with van der Waals surface area (Å²) in [4.78, 5) is 0. The van der Waals surface area contributed by atoms with Crippen LogP contribution in [0, 0.1) is 27.8 Å². The van der Waals surface area contributed by atoms with Crippen LogP contribution in [0.1, 0.15) is 58.2 Å². The van der Waals surface area contributed by atoms with E-state index in [4.69, 9.17) is 0 Å². The van der Waals surface area contributed by atoms with E-state index in [9.17, 15) is 0 Å². The first-order valence-corrected chi connectivity index (χ1v) is 9.98. The summed E-state index contributed by atoms with van der Waals surface area (Å²) < 4.78 is 0. The van der Waals surface area contributed by atoms with Crippen molar-refractivity contribution < 1.29 is 0 Å². The smallest absolute Gasteiger partial charge is 0.00202 e. The Balaban J connectivity index is 2.12. The van der Waals surface area contributed by atoms with Crippen LogP contribution in [-0.4, -0.2) is 0 Å². The van der Waals surface area contributed by atoms with Crippen LogP contribution in [0.25, 0.3) is 11.1 Å². The summed E-state index contributed by atoms with van der Waals surface area (Å²) in [6, 6.07) is 20.4. The van der Waals surface area contributed by atoms with E-state index in [1.54, 1.807) is 0 Å². The molecule has 0 bridgehead atoms. The Bertz CT molecular complexity index is 1230. The second kappa shape index (κ2) is 5.83. The van der Waals surface area contributed by atoms with Gasteiger partial charge in [0.2, 0.25) is 0 Å². The molecule has 1 aliphatic carbocycles. The van der Waals surface area contributed by atoms with Crippen molar-refractivity contribution in [2.75, 3.05) is 0 Å². The molecular weight excluding hydrogens is 324 g/mol. The van der Waals surface area contributed by atoms with Gasteiger partial charge in [-0.3, -0.25) is 0 Å². The van der Waals surface area contributed by atoms with Gasteiger partial charge < -0.3 is 0 Å². The predicted molar refractivity (Wildman–Crippen MR) is 116 cm³/mol. The van der Waals surface area contributed by atoms with Crippen molar-refractivity contribution >= 4 is 0 Å². The minimum atomic E-state index is 0.0906. The Hall–Kier alpha value is -2.34. The van der Waals surface area contributed by atoms with Crippen LogP contribution >= 0.6 is 0 Å². The average molecular weight is 355 g/mol. The van der Waals surface area contributed by atoms with Crippen molar-refractivity contribution in [2.24, 2.45) is 0 Å². The molecule has 3 aromatic rings. The highest BCUT2D eigenvalue weighted by Crippen LogP contribution is 2.40. The Kier molecular flexibility index (Phi) is 3.89. The second-order valence-electron chi connectivity index (χ2n) is 9.99. The first-order valence-electron chi connectivity index (χ1n) is 9.98. The lowest BCUT2D eigenvalue weighted by atomic mass is 9.75. The maximum atomic E-state index is 2.45. The fourth-order valence-corrected chi connectivity index (χ4v) is 4.32. The maximum absolute atomic E-state index is 2.45. The molecule has 0 amide bonds. The van der Waals surface area contributed by atoms with Gasteiger partial charge in [0.15, 0.2) is 0 Å². The molecule has 0 saturated carbocycles. The van der Waals surface area contributed by atoms with Crippen LogP contribution in [0.15, 0.2) is 54.6 Å². The minimum absolute atomic E-state index is 0.0906. The number of fused-ring (bicyclic) bond motifs is 2.